The number of carbonyl (C=O) groups excluding carboxylic acids is 1. The summed E-state index contributed by atoms with van der Waals surface area (Å²) < 4.78 is 5.95. The Morgan fingerprint density at radius 2 is 2.03 bits per heavy atom. The largest absolute Gasteiger partial charge is 0.474 e. The summed E-state index contributed by atoms with van der Waals surface area (Å²) in [5.74, 6) is 1.49. The minimum Gasteiger partial charge on any atom is -0.474 e. The molecule has 0 saturated heterocycles. The van der Waals surface area contributed by atoms with Crippen molar-refractivity contribution < 1.29 is 9.53 Å². The second kappa shape index (κ2) is 8.61. The van der Waals surface area contributed by atoms with Gasteiger partial charge in [0.15, 0.2) is 5.82 Å². The monoisotopic (exact) mass is 402 g/mol. The van der Waals surface area contributed by atoms with Crippen molar-refractivity contribution in [1.82, 2.24) is 15.0 Å². The Morgan fingerprint density at radius 3 is 2.77 bits per heavy atom. The van der Waals surface area contributed by atoms with E-state index < -0.39 is 0 Å². The van der Waals surface area contributed by atoms with Crippen LogP contribution in [-0.4, -0.2) is 27.0 Å². The molecule has 0 N–H and O–H groups in total. The molecule has 1 amide bonds. The van der Waals surface area contributed by atoms with E-state index in [4.69, 9.17) is 9.72 Å². The van der Waals surface area contributed by atoms with Crippen LogP contribution in [0, 0.1) is 12.8 Å². The number of hydrogen-bond donors (Lipinski definition) is 0. The molecule has 30 heavy (non-hydrogen) atoms. The standard InChI is InChI=1S/C24H26N4O2/c1-16(2)30-24-19-6-4-5-7-20(19)26-22(27-24)15-28(21-14-25-13-12-17(21)3)23(29)11-10-18-8-9-18/h4-7,10-14,16,18H,8-9,15H2,1-3H3. The molecule has 0 unspecified atom stereocenters. The zero-order valence-corrected chi connectivity index (χ0v) is 17.6. The molecule has 6 nitrogen and oxygen atoms in total. The number of ether oxygens (including phenoxy) is 1. The fourth-order valence-corrected chi connectivity index (χ4v) is 3.24. The maximum absolute atomic E-state index is 13.1. The Hall–Kier alpha value is -3.28. The average Bonchev–Trinajstić information content (AvgIpc) is 3.55. The molecule has 0 bridgehead atoms. The lowest BCUT2D eigenvalue weighted by Gasteiger charge is -2.22. The Morgan fingerprint density at radius 1 is 1.23 bits per heavy atom. The van der Waals surface area contributed by atoms with Crippen LogP contribution in [0.1, 0.15) is 38.1 Å². The molecule has 154 valence electrons. The van der Waals surface area contributed by atoms with Crippen molar-refractivity contribution in [2.24, 2.45) is 5.92 Å². The maximum atomic E-state index is 13.1. The van der Waals surface area contributed by atoms with E-state index in [1.807, 2.05) is 57.2 Å². The average molecular weight is 402 g/mol. The molecule has 4 rings (SSSR count). The summed E-state index contributed by atoms with van der Waals surface area (Å²) in [6.45, 7) is 6.14. The highest BCUT2D eigenvalue weighted by Gasteiger charge is 2.22. The third-order valence-electron chi connectivity index (χ3n) is 4.96. The van der Waals surface area contributed by atoms with Crippen LogP contribution in [0.15, 0.2) is 54.9 Å². The molecular formula is C24H26N4O2. The van der Waals surface area contributed by atoms with Crippen LogP contribution in [0.3, 0.4) is 0 Å². The summed E-state index contributed by atoms with van der Waals surface area (Å²) in [6.07, 6.45) is 9.38. The Labute approximate surface area is 176 Å². The first kappa shape index (κ1) is 20.0. The zero-order chi connectivity index (χ0) is 21.1. The normalized spacial score (nSPS) is 13.9. The van der Waals surface area contributed by atoms with Crippen LogP contribution in [0.4, 0.5) is 5.69 Å². The zero-order valence-electron chi connectivity index (χ0n) is 17.6. The highest BCUT2D eigenvalue weighted by molar-refractivity contribution is 6.01. The van der Waals surface area contributed by atoms with Gasteiger partial charge >= 0.3 is 0 Å². The van der Waals surface area contributed by atoms with Crippen LogP contribution in [0.2, 0.25) is 0 Å². The number of pyridine rings is 1. The molecule has 0 radical (unpaired) electrons. The number of amides is 1. The van der Waals surface area contributed by atoms with Gasteiger partial charge in [-0.15, -0.1) is 0 Å². The fraction of sp³-hybridized carbons (Fsp3) is 0.333. The molecule has 1 aromatic carbocycles. The van der Waals surface area contributed by atoms with Crippen LogP contribution in [0.5, 0.6) is 5.88 Å². The molecule has 0 aliphatic heterocycles. The Bertz CT molecular complexity index is 1090. The molecule has 1 aliphatic rings. The van der Waals surface area contributed by atoms with Gasteiger partial charge in [0.1, 0.15) is 0 Å². The van der Waals surface area contributed by atoms with Gasteiger partial charge in [-0.25, -0.2) is 4.98 Å². The van der Waals surface area contributed by atoms with E-state index in [9.17, 15) is 4.79 Å². The predicted molar refractivity (Wildman–Crippen MR) is 117 cm³/mol. The highest BCUT2D eigenvalue weighted by atomic mass is 16.5. The summed E-state index contributed by atoms with van der Waals surface area (Å²) in [7, 11) is 0. The minimum absolute atomic E-state index is 0.0177. The van der Waals surface area contributed by atoms with E-state index in [1.54, 1.807) is 23.4 Å². The summed E-state index contributed by atoms with van der Waals surface area (Å²) in [4.78, 5) is 28.3. The Kier molecular flexibility index (Phi) is 5.74. The van der Waals surface area contributed by atoms with E-state index in [0.29, 0.717) is 17.6 Å². The van der Waals surface area contributed by atoms with Gasteiger partial charge in [-0.1, -0.05) is 18.2 Å². The van der Waals surface area contributed by atoms with Crippen molar-refractivity contribution in [1.29, 1.82) is 0 Å². The van der Waals surface area contributed by atoms with E-state index in [0.717, 1.165) is 35.0 Å². The van der Waals surface area contributed by atoms with Gasteiger partial charge in [-0.05, 0) is 69.4 Å². The molecule has 0 spiro atoms. The summed E-state index contributed by atoms with van der Waals surface area (Å²) in [5.41, 5.74) is 2.52. The van der Waals surface area contributed by atoms with E-state index >= 15 is 0 Å². The maximum Gasteiger partial charge on any atom is 0.251 e. The molecule has 0 atom stereocenters. The molecular weight excluding hydrogens is 376 g/mol. The molecule has 1 aliphatic carbocycles. The molecule has 1 saturated carbocycles. The number of aryl methyl sites for hydroxylation is 1. The lowest BCUT2D eigenvalue weighted by Crippen LogP contribution is -2.30. The summed E-state index contributed by atoms with van der Waals surface area (Å²) in [5, 5.41) is 0.860. The van der Waals surface area contributed by atoms with Crippen molar-refractivity contribution >= 4 is 22.5 Å². The molecule has 6 heteroatoms. The van der Waals surface area contributed by atoms with Gasteiger partial charge < -0.3 is 4.74 Å². The number of allylic oxidation sites excluding steroid dienone is 1. The first-order chi connectivity index (χ1) is 14.5. The molecule has 3 aromatic rings. The van der Waals surface area contributed by atoms with Gasteiger partial charge in [0.2, 0.25) is 5.88 Å². The quantitative estimate of drug-likeness (QED) is 0.540. The first-order valence-electron chi connectivity index (χ1n) is 10.3. The summed E-state index contributed by atoms with van der Waals surface area (Å²) >= 11 is 0. The van der Waals surface area contributed by atoms with E-state index in [1.165, 1.54) is 0 Å². The van der Waals surface area contributed by atoms with Crippen LogP contribution in [-0.2, 0) is 11.3 Å². The number of hydrogen-bond acceptors (Lipinski definition) is 5. The smallest absolute Gasteiger partial charge is 0.251 e. The lowest BCUT2D eigenvalue weighted by molar-refractivity contribution is -0.114. The Balaban J connectivity index is 1.72. The van der Waals surface area contributed by atoms with Crippen molar-refractivity contribution in [3.05, 3.63) is 66.3 Å². The van der Waals surface area contributed by atoms with Gasteiger partial charge in [0.05, 0.1) is 35.4 Å². The van der Waals surface area contributed by atoms with Gasteiger partial charge in [0.25, 0.3) is 5.91 Å². The highest BCUT2D eigenvalue weighted by Crippen LogP contribution is 2.30. The molecule has 2 heterocycles. The minimum atomic E-state index is -0.0962. The number of nitrogens with zero attached hydrogens (tertiary/aromatic N) is 4. The van der Waals surface area contributed by atoms with Gasteiger partial charge in [-0.2, -0.15) is 4.98 Å². The lowest BCUT2D eigenvalue weighted by atomic mass is 10.2. The number of carbonyl (C=O) groups is 1. The van der Waals surface area contributed by atoms with Crippen molar-refractivity contribution in [2.75, 3.05) is 4.90 Å². The number of para-hydroxylation sites is 1. The SMILES string of the molecule is Cc1ccncc1N(Cc1nc(OC(C)C)c2ccccc2n1)C(=O)C=CC1CC1. The topological polar surface area (TPSA) is 68.2 Å². The third-order valence-corrected chi connectivity index (χ3v) is 4.96. The summed E-state index contributed by atoms with van der Waals surface area (Å²) in [6, 6.07) is 9.65. The van der Waals surface area contributed by atoms with Crippen LogP contribution in [0.25, 0.3) is 10.9 Å². The van der Waals surface area contributed by atoms with E-state index in [2.05, 4.69) is 9.97 Å². The number of anilines is 1. The van der Waals surface area contributed by atoms with Crippen LogP contribution < -0.4 is 9.64 Å². The second-order valence-corrected chi connectivity index (χ2v) is 7.91. The fourth-order valence-electron chi connectivity index (χ4n) is 3.24. The molecule has 1 fully saturated rings. The molecule has 2 aromatic heterocycles. The van der Waals surface area contributed by atoms with Crippen LogP contribution >= 0.6 is 0 Å². The number of fused-ring (bicyclic) bond motifs is 1. The number of rotatable bonds is 7. The van der Waals surface area contributed by atoms with E-state index in [-0.39, 0.29) is 18.6 Å². The number of aromatic nitrogens is 3. The van der Waals surface area contributed by atoms with Crippen molar-refractivity contribution in [3.8, 4) is 5.88 Å². The van der Waals surface area contributed by atoms with Gasteiger partial charge in [0, 0.05) is 6.20 Å². The predicted octanol–water partition coefficient (Wildman–Crippen LogP) is 4.62. The third kappa shape index (κ3) is 4.64. The second-order valence-electron chi connectivity index (χ2n) is 7.91. The first-order valence-corrected chi connectivity index (χ1v) is 10.3. The van der Waals surface area contributed by atoms with Gasteiger partial charge in [-0.3, -0.25) is 14.7 Å². The number of benzene rings is 1. The van der Waals surface area contributed by atoms with Crippen molar-refractivity contribution in [3.63, 3.8) is 0 Å². The van der Waals surface area contributed by atoms with Crippen molar-refractivity contribution in [2.45, 2.75) is 46.3 Å².